The minimum absolute atomic E-state index is 0.579. The summed E-state index contributed by atoms with van der Waals surface area (Å²) in [6.07, 6.45) is 1.15. The summed E-state index contributed by atoms with van der Waals surface area (Å²) in [4.78, 5) is 1.33. The maximum absolute atomic E-state index is 5.60. The molecule has 0 bridgehead atoms. The molecule has 1 aliphatic rings. The van der Waals surface area contributed by atoms with E-state index in [2.05, 4.69) is 19.2 Å². The Kier molecular flexibility index (Phi) is 2.44. The highest BCUT2D eigenvalue weighted by molar-refractivity contribution is 7.10. The average molecular weight is 198 g/mol. The van der Waals surface area contributed by atoms with Gasteiger partial charge in [-0.25, -0.2) is 0 Å². The van der Waals surface area contributed by atoms with E-state index in [0.717, 1.165) is 17.9 Å². The molecule has 1 unspecified atom stereocenters. The molecule has 0 spiro atoms. The lowest BCUT2D eigenvalue weighted by Gasteiger charge is -2.17. The molecule has 0 fully saturated rings. The molecule has 3 heteroatoms. The van der Waals surface area contributed by atoms with Crippen molar-refractivity contribution in [1.82, 2.24) is 0 Å². The topological polar surface area (TPSA) is 18.5 Å². The zero-order valence-corrected chi connectivity index (χ0v) is 8.82. The lowest BCUT2D eigenvalue weighted by Crippen LogP contribution is -2.15. The van der Waals surface area contributed by atoms with Gasteiger partial charge in [-0.15, -0.1) is 11.3 Å². The first-order chi connectivity index (χ1) is 6.33. The molecule has 1 atom stereocenters. The van der Waals surface area contributed by atoms with Crippen LogP contribution in [-0.2, 0) is 0 Å². The van der Waals surface area contributed by atoms with Crippen molar-refractivity contribution in [3.05, 3.63) is 10.3 Å². The number of fused-ring (bicyclic) bond motifs is 1. The van der Waals surface area contributed by atoms with E-state index >= 15 is 0 Å². The summed E-state index contributed by atoms with van der Waals surface area (Å²) >= 11 is 1.75. The highest BCUT2D eigenvalue weighted by Crippen LogP contribution is 2.43. The normalized spacial score (nSPS) is 17.1. The molecule has 0 aliphatic carbocycles. The second kappa shape index (κ2) is 3.58. The molecule has 2 nitrogen and oxygen atoms in total. The van der Waals surface area contributed by atoms with Gasteiger partial charge in [0, 0.05) is 5.38 Å². The average Bonchev–Trinajstić information content (AvgIpc) is 2.60. The Hall–Kier alpha value is -0.700. The van der Waals surface area contributed by atoms with Crippen molar-refractivity contribution in [2.75, 3.05) is 13.2 Å². The van der Waals surface area contributed by atoms with E-state index in [1.807, 2.05) is 0 Å². The first-order valence-electron chi connectivity index (χ1n) is 4.70. The minimum Gasteiger partial charge on any atom is -0.485 e. The summed E-state index contributed by atoms with van der Waals surface area (Å²) in [6.45, 7) is 5.79. The molecule has 1 aromatic heterocycles. The van der Waals surface area contributed by atoms with Crippen LogP contribution in [0.25, 0.3) is 0 Å². The van der Waals surface area contributed by atoms with Crippen molar-refractivity contribution in [2.45, 2.75) is 26.2 Å². The maximum Gasteiger partial charge on any atom is 0.175 e. The Morgan fingerprint density at radius 2 is 2.23 bits per heavy atom. The van der Waals surface area contributed by atoms with Crippen molar-refractivity contribution in [2.24, 2.45) is 0 Å². The fraction of sp³-hybridized carbons (Fsp3) is 0.600. The van der Waals surface area contributed by atoms with Gasteiger partial charge in [0.05, 0.1) is 4.88 Å². The molecule has 0 saturated heterocycles. The van der Waals surface area contributed by atoms with E-state index in [-0.39, 0.29) is 0 Å². The van der Waals surface area contributed by atoms with Crippen molar-refractivity contribution >= 4 is 11.3 Å². The van der Waals surface area contributed by atoms with Crippen LogP contribution in [0.1, 0.15) is 31.1 Å². The van der Waals surface area contributed by atoms with Gasteiger partial charge in [-0.1, -0.05) is 13.8 Å². The summed E-state index contributed by atoms with van der Waals surface area (Å²) in [5.41, 5.74) is 0. The Balaban J connectivity index is 2.31. The first kappa shape index (κ1) is 8.88. The van der Waals surface area contributed by atoms with Gasteiger partial charge in [0.15, 0.2) is 11.5 Å². The monoisotopic (exact) mass is 198 g/mol. The van der Waals surface area contributed by atoms with Crippen LogP contribution in [0.3, 0.4) is 0 Å². The van der Waals surface area contributed by atoms with Crippen molar-refractivity contribution in [1.29, 1.82) is 0 Å². The Bertz CT molecular complexity index is 293. The summed E-state index contributed by atoms with van der Waals surface area (Å²) in [5.74, 6) is 2.51. The molecule has 2 heterocycles. The number of thiophene rings is 1. The lowest BCUT2D eigenvalue weighted by atomic mass is 10.1. The number of rotatable bonds is 2. The third-order valence-corrected chi connectivity index (χ3v) is 3.56. The summed E-state index contributed by atoms with van der Waals surface area (Å²) in [7, 11) is 0. The van der Waals surface area contributed by atoms with Crippen LogP contribution in [0.15, 0.2) is 5.38 Å². The van der Waals surface area contributed by atoms with Gasteiger partial charge in [0.1, 0.15) is 13.2 Å². The van der Waals surface area contributed by atoms with E-state index in [1.54, 1.807) is 11.3 Å². The van der Waals surface area contributed by atoms with Crippen LogP contribution >= 0.6 is 11.3 Å². The first-order valence-corrected chi connectivity index (χ1v) is 5.58. The predicted molar refractivity (Wildman–Crippen MR) is 54.0 cm³/mol. The summed E-state index contributed by atoms with van der Waals surface area (Å²) < 4.78 is 11.1. The molecule has 0 aromatic carbocycles. The zero-order chi connectivity index (χ0) is 9.26. The van der Waals surface area contributed by atoms with Crippen molar-refractivity contribution in [3.63, 3.8) is 0 Å². The quantitative estimate of drug-likeness (QED) is 0.727. The minimum atomic E-state index is 0.579. The molecule has 0 N–H and O–H groups in total. The third-order valence-electron chi connectivity index (χ3n) is 2.39. The molecule has 0 radical (unpaired) electrons. The molecule has 0 amide bonds. The number of ether oxygens (including phenoxy) is 2. The highest BCUT2D eigenvalue weighted by atomic mass is 32.1. The molecule has 2 rings (SSSR count). The molecule has 1 aromatic rings. The second-order valence-corrected chi connectivity index (χ2v) is 4.21. The van der Waals surface area contributed by atoms with E-state index in [0.29, 0.717) is 19.1 Å². The highest BCUT2D eigenvalue weighted by Gasteiger charge is 2.21. The van der Waals surface area contributed by atoms with Crippen LogP contribution in [-0.4, -0.2) is 13.2 Å². The van der Waals surface area contributed by atoms with Crippen LogP contribution in [0.2, 0.25) is 0 Å². The van der Waals surface area contributed by atoms with E-state index < -0.39 is 0 Å². The van der Waals surface area contributed by atoms with E-state index in [4.69, 9.17) is 9.47 Å². The summed E-state index contributed by atoms with van der Waals surface area (Å²) in [6, 6.07) is 0. The fourth-order valence-electron chi connectivity index (χ4n) is 1.41. The Morgan fingerprint density at radius 3 is 3.00 bits per heavy atom. The second-order valence-electron chi connectivity index (χ2n) is 3.30. The van der Waals surface area contributed by atoms with E-state index in [9.17, 15) is 0 Å². The number of hydrogen-bond acceptors (Lipinski definition) is 3. The van der Waals surface area contributed by atoms with Gasteiger partial charge >= 0.3 is 0 Å². The van der Waals surface area contributed by atoms with Gasteiger partial charge in [-0.05, 0) is 12.3 Å². The third kappa shape index (κ3) is 1.53. The Morgan fingerprint density at radius 1 is 1.46 bits per heavy atom. The SMILES string of the molecule is CCC(C)c1scc2c1OCCO2. The zero-order valence-electron chi connectivity index (χ0n) is 8.00. The molecular weight excluding hydrogens is 184 g/mol. The smallest absolute Gasteiger partial charge is 0.175 e. The molecular formula is C10H14O2S. The van der Waals surface area contributed by atoms with Crippen molar-refractivity contribution in [3.8, 4) is 11.5 Å². The predicted octanol–water partition coefficient (Wildman–Crippen LogP) is 3.03. The van der Waals surface area contributed by atoms with Crippen LogP contribution in [0.4, 0.5) is 0 Å². The van der Waals surface area contributed by atoms with Crippen LogP contribution in [0, 0.1) is 0 Å². The summed E-state index contributed by atoms with van der Waals surface area (Å²) in [5, 5.41) is 2.05. The van der Waals surface area contributed by atoms with Crippen LogP contribution in [0.5, 0.6) is 11.5 Å². The fourth-order valence-corrected chi connectivity index (χ4v) is 2.48. The van der Waals surface area contributed by atoms with E-state index in [1.165, 1.54) is 4.88 Å². The van der Waals surface area contributed by atoms with Gasteiger partial charge in [-0.2, -0.15) is 0 Å². The lowest BCUT2D eigenvalue weighted by molar-refractivity contribution is 0.171. The van der Waals surface area contributed by atoms with Gasteiger partial charge in [0.2, 0.25) is 0 Å². The molecule has 13 heavy (non-hydrogen) atoms. The molecule has 0 saturated carbocycles. The van der Waals surface area contributed by atoms with Gasteiger partial charge in [-0.3, -0.25) is 0 Å². The maximum atomic E-state index is 5.60. The van der Waals surface area contributed by atoms with Crippen LogP contribution < -0.4 is 9.47 Å². The number of hydrogen-bond donors (Lipinski definition) is 0. The standard InChI is InChI=1S/C10H14O2S/c1-3-7(2)10-9-8(6-13-10)11-4-5-12-9/h6-7H,3-5H2,1-2H3. The van der Waals surface area contributed by atoms with Gasteiger partial charge in [0.25, 0.3) is 0 Å². The largest absolute Gasteiger partial charge is 0.485 e. The molecule has 72 valence electrons. The molecule has 1 aliphatic heterocycles. The Labute approximate surface area is 82.5 Å². The van der Waals surface area contributed by atoms with Gasteiger partial charge < -0.3 is 9.47 Å². The van der Waals surface area contributed by atoms with Crippen molar-refractivity contribution < 1.29 is 9.47 Å².